The molecular weight excluding hydrogens is 374 g/mol. The molecule has 7 nitrogen and oxygen atoms in total. The highest BCUT2D eigenvalue weighted by molar-refractivity contribution is 6.34. The van der Waals surface area contributed by atoms with Gasteiger partial charge in [-0.25, -0.2) is 0 Å². The van der Waals surface area contributed by atoms with Crippen molar-refractivity contribution in [1.29, 1.82) is 0 Å². The van der Waals surface area contributed by atoms with Crippen molar-refractivity contribution in [1.82, 2.24) is 4.90 Å². The van der Waals surface area contributed by atoms with Crippen molar-refractivity contribution in [3.63, 3.8) is 0 Å². The first-order chi connectivity index (χ1) is 14.0. The summed E-state index contributed by atoms with van der Waals surface area (Å²) >= 11 is 0. The molecule has 0 N–H and O–H groups in total. The van der Waals surface area contributed by atoms with Gasteiger partial charge in [0.2, 0.25) is 0 Å². The standard InChI is InChI=1S/C22H21NO6/c1-3-10-29-18-9-8-14(12-19(18)28-2)11-17-15-6-4-5-7-16(15)21(26)23(22(17)27)13-20(24)25/h4-9,11-12H,3,10,13H2,1-2H3,(H,24,25)/p-1/b17-11-. The number of hydrogen-bond acceptors (Lipinski definition) is 6. The number of carboxylic acids is 1. The third-order valence-electron chi connectivity index (χ3n) is 4.42. The van der Waals surface area contributed by atoms with Gasteiger partial charge in [0.15, 0.2) is 11.5 Å². The van der Waals surface area contributed by atoms with E-state index in [-0.39, 0.29) is 11.1 Å². The lowest BCUT2D eigenvalue weighted by atomic mass is 9.92. The Morgan fingerprint density at radius 3 is 2.45 bits per heavy atom. The first kappa shape index (κ1) is 20.1. The number of rotatable bonds is 7. The fraction of sp³-hybridized carbons (Fsp3) is 0.227. The number of carbonyl (C=O) groups excluding carboxylic acids is 3. The van der Waals surface area contributed by atoms with Crippen LogP contribution in [0.15, 0.2) is 42.5 Å². The van der Waals surface area contributed by atoms with Crippen molar-refractivity contribution in [2.75, 3.05) is 20.3 Å². The average molecular weight is 394 g/mol. The maximum Gasteiger partial charge on any atom is 0.261 e. The summed E-state index contributed by atoms with van der Waals surface area (Å²) in [5.74, 6) is -1.77. The molecule has 0 spiro atoms. The molecular formula is C22H20NO6-. The summed E-state index contributed by atoms with van der Waals surface area (Å²) in [4.78, 5) is 37.2. The predicted octanol–water partition coefficient (Wildman–Crippen LogP) is 1.76. The first-order valence-corrected chi connectivity index (χ1v) is 9.14. The molecule has 0 unspecified atom stereocenters. The van der Waals surface area contributed by atoms with Crippen LogP contribution in [0.25, 0.3) is 11.6 Å². The van der Waals surface area contributed by atoms with Gasteiger partial charge in [0.25, 0.3) is 11.8 Å². The molecule has 29 heavy (non-hydrogen) atoms. The molecule has 2 aromatic rings. The number of nitrogens with zero attached hydrogens (tertiary/aromatic N) is 1. The Morgan fingerprint density at radius 2 is 1.79 bits per heavy atom. The van der Waals surface area contributed by atoms with Crippen LogP contribution in [0.5, 0.6) is 11.5 Å². The van der Waals surface area contributed by atoms with Gasteiger partial charge in [-0.3, -0.25) is 14.5 Å². The van der Waals surface area contributed by atoms with E-state index in [0.717, 1.165) is 6.42 Å². The Morgan fingerprint density at radius 1 is 1.07 bits per heavy atom. The molecule has 0 atom stereocenters. The Bertz CT molecular complexity index is 995. The molecule has 2 aromatic carbocycles. The van der Waals surface area contributed by atoms with Crippen molar-refractivity contribution in [2.24, 2.45) is 0 Å². The van der Waals surface area contributed by atoms with E-state index in [1.54, 1.807) is 48.5 Å². The molecule has 0 radical (unpaired) electrons. The van der Waals surface area contributed by atoms with Crippen molar-refractivity contribution < 1.29 is 29.0 Å². The van der Waals surface area contributed by atoms with E-state index in [1.807, 2.05) is 6.92 Å². The molecule has 0 saturated heterocycles. The molecule has 150 valence electrons. The Labute approximate surface area is 168 Å². The number of carbonyl (C=O) groups is 3. The lowest BCUT2D eigenvalue weighted by Gasteiger charge is -2.28. The van der Waals surface area contributed by atoms with Gasteiger partial charge in [0.1, 0.15) is 0 Å². The van der Waals surface area contributed by atoms with E-state index in [1.165, 1.54) is 7.11 Å². The van der Waals surface area contributed by atoms with Crippen LogP contribution in [0.2, 0.25) is 0 Å². The number of carboxylic acid groups (broad SMARTS) is 1. The summed E-state index contributed by atoms with van der Waals surface area (Å²) in [6.45, 7) is 1.73. The van der Waals surface area contributed by atoms with Crippen LogP contribution >= 0.6 is 0 Å². The molecule has 0 fully saturated rings. The van der Waals surface area contributed by atoms with Gasteiger partial charge in [-0.15, -0.1) is 0 Å². The molecule has 1 aliphatic heterocycles. The van der Waals surface area contributed by atoms with E-state index >= 15 is 0 Å². The SMILES string of the molecule is CCCOc1ccc(/C=C2\C(=O)N(CC(=O)[O-])C(=O)c3ccccc32)cc1OC. The lowest BCUT2D eigenvalue weighted by molar-refractivity contribution is -0.305. The molecule has 0 saturated carbocycles. The summed E-state index contributed by atoms with van der Waals surface area (Å²) in [5.41, 5.74) is 1.56. The quantitative estimate of drug-likeness (QED) is 0.524. The summed E-state index contributed by atoms with van der Waals surface area (Å²) in [6.07, 6.45) is 2.45. The fourth-order valence-corrected chi connectivity index (χ4v) is 3.09. The first-order valence-electron chi connectivity index (χ1n) is 9.14. The molecule has 1 aliphatic rings. The van der Waals surface area contributed by atoms with Gasteiger partial charge >= 0.3 is 0 Å². The number of amides is 2. The van der Waals surface area contributed by atoms with Crippen LogP contribution in [0.4, 0.5) is 0 Å². The minimum Gasteiger partial charge on any atom is -0.548 e. The minimum absolute atomic E-state index is 0.214. The summed E-state index contributed by atoms with van der Waals surface area (Å²) in [7, 11) is 1.52. The number of aliphatic carboxylic acids is 1. The number of ether oxygens (including phenoxy) is 2. The van der Waals surface area contributed by atoms with Crippen LogP contribution < -0.4 is 14.6 Å². The van der Waals surface area contributed by atoms with Crippen LogP contribution in [0, 0.1) is 0 Å². The van der Waals surface area contributed by atoms with Crippen LogP contribution in [-0.2, 0) is 9.59 Å². The number of imide groups is 1. The van der Waals surface area contributed by atoms with E-state index < -0.39 is 24.3 Å². The van der Waals surface area contributed by atoms with Gasteiger partial charge in [0.05, 0.1) is 26.2 Å². The van der Waals surface area contributed by atoms with E-state index in [2.05, 4.69) is 0 Å². The van der Waals surface area contributed by atoms with Crippen LogP contribution in [0.1, 0.15) is 34.8 Å². The summed E-state index contributed by atoms with van der Waals surface area (Å²) in [6, 6.07) is 11.8. The average Bonchev–Trinajstić information content (AvgIpc) is 2.72. The second-order valence-corrected chi connectivity index (χ2v) is 6.43. The highest BCUT2D eigenvalue weighted by atomic mass is 16.5. The third-order valence-corrected chi connectivity index (χ3v) is 4.42. The Hall–Kier alpha value is -3.61. The highest BCUT2D eigenvalue weighted by Crippen LogP contribution is 2.33. The smallest absolute Gasteiger partial charge is 0.261 e. The Balaban J connectivity index is 2.07. The van der Waals surface area contributed by atoms with Crippen molar-refractivity contribution >= 4 is 29.4 Å². The van der Waals surface area contributed by atoms with Gasteiger partial charge in [-0.2, -0.15) is 0 Å². The van der Waals surface area contributed by atoms with Gasteiger partial charge in [0, 0.05) is 11.1 Å². The van der Waals surface area contributed by atoms with Crippen molar-refractivity contribution in [3.8, 4) is 11.5 Å². The van der Waals surface area contributed by atoms with Crippen LogP contribution in [-0.4, -0.2) is 42.9 Å². The second-order valence-electron chi connectivity index (χ2n) is 6.43. The monoisotopic (exact) mass is 394 g/mol. The molecule has 1 heterocycles. The lowest BCUT2D eigenvalue weighted by Crippen LogP contribution is -2.47. The highest BCUT2D eigenvalue weighted by Gasteiger charge is 2.34. The molecule has 3 rings (SSSR count). The number of benzene rings is 2. The summed E-state index contributed by atoms with van der Waals surface area (Å²) in [5, 5.41) is 11.0. The number of fused-ring (bicyclic) bond motifs is 1. The maximum absolute atomic E-state index is 12.9. The largest absolute Gasteiger partial charge is 0.548 e. The fourth-order valence-electron chi connectivity index (χ4n) is 3.09. The molecule has 0 aromatic heterocycles. The predicted molar refractivity (Wildman–Crippen MR) is 104 cm³/mol. The molecule has 0 bridgehead atoms. The van der Waals surface area contributed by atoms with Crippen molar-refractivity contribution in [3.05, 3.63) is 59.2 Å². The second kappa shape index (κ2) is 8.60. The molecule has 0 aliphatic carbocycles. The zero-order chi connectivity index (χ0) is 21.0. The van der Waals surface area contributed by atoms with Gasteiger partial charge in [-0.05, 0) is 41.8 Å². The van der Waals surface area contributed by atoms with Gasteiger partial charge in [-0.1, -0.05) is 31.2 Å². The van der Waals surface area contributed by atoms with Crippen molar-refractivity contribution in [2.45, 2.75) is 13.3 Å². The maximum atomic E-state index is 12.9. The van der Waals surface area contributed by atoms with Gasteiger partial charge < -0.3 is 19.4 Å². The normalized spacial score (nSPS) is 14.7. The molecule has 7 heteroatoms. The van der Waals surface area contributed by atoms with Crippen LogP contribution in [0.3, 0.4) is 0 Å². The number of methoxy groups -OCH3 is 1. The van der Waals surface area contributed by atoms with E-state index in [9.17, 15) is 19.5 Å². The third kappa shape index (κ3) is 4.13. The summed E-state index contributed by atoms with van der Waals surface area (Å²) < 4.78 is 11.0. The Kier molecular flexibility index (Phi) is 5.97. The topological polar surface area (TPSA) is 96.0 Å². The zero-order valence-electron chi connectivity index (χ0n) is 16.1. The minimum atomic E-state index is -1.51. The van der Waals surface area contributed by atoms with E-state index in [4.69, 9.17) is 9.47 Å². The van der Waals surface area contributed by atoms with E-state index in [0.29, 0.717) is 34.1 Å². The number of hydrogen-bond donors (Lipinski definition) is 0. The zero-order valence-corrected chi connectivity index (χ0v) is 16.1. The molecule has 2 amide bonds.